The zero-order valence-corrected chi connectivity index (χ0v) is 23.9. The Kier molecular flexibility index (Phi) is 7.19. The highest BCUT2D eigenvalue weighted by molar-refractivity contribution is 5.77. The van der Waals surface area contributed by atoms with Crippen LogP contribution in [0.4, 0.5) is 23.1 Å². The monoisotopic (exact) mass is 571 g/mol. The summed E-state index contributed by atoms with van der Waals surface area (Å²) in [4.78, 5) is 14.2. The summed E-state index contributed by atoms with van der Waals surface area (Å²) in [6.45, 7) is 11.2. The van der Waals surface area contributed by atoms with E-state index < -0.39 is 5.41 Å². The predicted molar refractivity (Wildman–Crippen MR) is 158 cm³/mol. The molecule has 220 valence electrons. The van der Waals surface area contributed by atoms with Gasteiger partial charge in [-0.05, 0) is 23.8 Å². The maximum atomic E-state index is 10.1. The number of nitriles is 1. The van der Waals surface area contributed by atoms with Crippen molar-refractivity contribution in [1.29, 1.82) is 5.26 Å². The average Bonchev–Trinajstić information content (AvgIpc) is 3.80. The Morgan fingerprint density at radius 2 is 1.98 bits per heavy atom. The number of aliphatic hydroxyl groups is 1. The molecule has 7 rings (SSSR count). The van der Waals surface area contributed by atoms with Gasteiger partial charge in [0.1, 0.15) is 11.8 Å². The molecule has 3 atom stereocenters. The van der Waals surface area contributed by atoms with Crippen molar-refractivity contribution in [3.05, 3.63) is 41.7 Å². The van der Waals surface area contributed by atoms with Crippen molar-refractivity contribution in [2.24, 2.45) is 11.8 Å². The van der Waals surface area contributed by atoms with Crippen molar-refractivity contribution in [2.45, 2.75) is 18.9 Å². The third-order valence-corrected chi connectivity index (χ3v) is 9.18. The number of aromatic nitrogens is 4. The lowest BCUT2D eigenvalue weighted by Crippen LogP contribution is -2.38. The van der Waals surface area contributed by atoms with E-state index in [1.54, 1.807) is 6.20 Å². The van der Waals surface area contributed by atoms with Gasteiger partial charge >= 0.3 is 0 Å². The minimum Gasteiger partial charge on any atom is -0.395 e. The number of fused-ring (bicyclic) bond motifs is 2. The van der Waals surface area contributed by atoms with Crippen molar-refractivity contribution in [3.8, 4) is 17.3 Å². The van der Waals surface area contributed by atoms with Gasteiger partial charge in [-0.15, -0.1) is 0 Å². The zero-order valence-electron chi connectivity index (χ0n) is 23.9. The Hall–Kier alpha value is -3.76. The standard InChI is InChI=1S/C30H37N9O3/c1-30(19-40)18-33-27-21(12-31)10-20(11-24(27)30)25-2-3-32-29(35-25)36-26-13-34-39(28(26)38-6-8-41-9-7-38)5-4-37-14-22-16-42-17-23(22)15-37/h2-3,10-11,13,22-23,33,40H,4-9,14-19H2,1H3,(H,32,35,36). The minimum absolute atomic E-state index is 0.0143. The molecule has 0 amide bonds. The number of rotatable bonds is 8. The van der Waals surface area contributed by atoms with Gasteiger partial charge in [-0.25, -0.2) is 14.6 Å². The molecule has 3 fully saturated rings. The molecule has 6 heterocycles. The fourth-order valence-electron chi connectivity index (χ4n) is 6.71. The maximum Gasteiger partial charge on any atom is 0.227 e. The van der Waals surface area contributed by atoms with E-state index in [4.69, 9.17) is 19.6 Å². The van der Waals surface area contributed by atoms with E-state index in [1.165, 1.54) is 0 Å². The number of hydrogen-bond donors (Lipinski definition) is 3. The summed E-state index contributed by atoms with van der Waals surface area (Å²) in [6.07, 6.45) is 3.58. The highest BCUT2D eigenvalue weighted by Crippen LogP contribution is 2.41. The molecule has 4 aliphatic heterocycles. The molecule has 0 bridgehead atoms. The number of aliphatic hydroxyl groups excluding tert-OH is 1. The molecular weight excluding hydrogens is 534 g/mol. The SMILES string of the molecule is CC1(CO)CNc2c(C#N)cc(-c3ccnc(Nc4cnn(CCN5CC6COCC6C5)c4N4CCOCC4)n3)cc21. The summed E-state index contributed by atoms with van der Waals surface area (Å²) in [6, 6.07) is 8.01. The number of hydrogen-bond acceptors (Lipinski definition) is 11. The van der Waals surface area contributed by atoms with Crippen LogP contribution in [0.25, 0.3) is 11.3 Å². The second-order valence-electron chi connectivity index (χ2n) is 12.0. The molecule has 0 saturated carbocycles. The van der Waals surface area contributed by atoms with Gasteiger partial charge in [-0.3, -0.25) is 0 Å². The molecule has 0 aliphatic carbocycles. The smallest absolute Gasteiger partial charge is 0.227 e. The number of ether oxygens (including phenoxy) is 2. The van der Waals surface area contributed by atoms with Gasteiger partial charge in [0.25, 0.3) is 0 Å². The molecule has 3 aromatic rings. The van der Waals surface area contributed by atoms with Crippen molar-refractivity contribution in [1.82, 2.24) is 24.6 Å². The van der Waals surface area contributed by atoms with Crippen LogP contribution in [0.1, 0.15) is 18.1 Å². The number of anilines is 4. The van der Waals surface area contributed by atoms with Crippen LogP contribution in [-0.4, -0.2) is 102 Å². The van der Waals surface area contributed by atoms with Gasteiger partial charge in [0.15, 0.2) is 5.82 Å². The summed E-state index contributed by atoms with van der Waals surface area (Å²) >= 11 is 0. The average molecular weight is 572 g/mol. The van der Waals surface area contributed by atoms with E-state index in [1.807, 2.05) is 31.3 Å². The molecule has 3 N–H and O–H groups in total. The summed E-state index contributed by atoms with van der Waals surface area (Å²) in [5, 5.41) is 31.5. The first-order chi connectivity index (χ1) is 20.5. The second-order valence-corrected chi connectivity index (χ2v) is 12.0. The fraction of sp³-hybridized carbons (Fsp3) is 0.533. The Morgan fingerprint density at radius 3 is 2.74 bits per heavy atom. The van der Waals surface area contributed by atoms with Crippen LogP contribution >= 0.6 is 0 Å². The Balaban J connectivity index is 1.15. The van der Waals surface area contributed by atoms with Crippen molar-refractivity contribution in [3.63, 3.8) is 0 Å². The molecule has 0 spiro atoms. The van der Waals surface area contributed by atoms with Crippen molar-refractivity contribution >= 4 is 23.1 Å². The zero-order chi connectivity index (χ0) is 28.7. The molecule has 12 heteroatoms. The van der Waals surface area contributed by atoms with E-state index >= 15 is 0 Å². The Morgan fingerprint density at radius 1 is 1.17 bits per heavy atom. The molecule has 1 aromatic carbocycles. The van der Waals surface area contributed by atoms with Gasteiger partial charge in [-0.1, -0.05) is 6.92 Å². The van der Waals surface area contributed by atoms with Gasteiger partial charge in [-0.2, -0.15) is 10.4 Å². The minimum atomic E-state index is -0.464. The van der Waals surface area contributed by atoms with Crippen LogP contribution in [0.2, 0.25) is 0 Å². The van der Waals surface area contributed by atoms with E-state index in [9.17, 15) is 10.4 Å². The summed E-state index contributed by atoms with van der Waals surface area (Å²) in [7, 11) is 0. The third-order valence-electron chi connectivity index (χ3n) is 9.18. The summed E-state index contributed by atoms with van der Waals surface area (Å²) in [5.41, 5.74) is 4.15. The van der Waals surface area contributed by atoms with E-state index in [0.29, 0.717) is 48.8 Å². The molecule has 42 heavy (non-hydrogen) atoms. The van der Waals surface area contributed by atoms with Crippen LogP contribution in [0, 0.1) is 23.2 Å². The molecule has 2 aromatic heterocycles. The molecule has 3 saturated heterocycles. The number of likely N-dealkylation sites (tertiary alicyclic amines) is 1. The number of morpholine rings is 1. The van der Waals surface area contributed by atoms with E-state index in [-0.39, 0.29) is 6.61 Å². The Labute approximate surface area is 245 Å². The lowest BCUT2D eigenvalue weighted by atomic mass is 9.83. The molecule has 0 radical (unpaired) electrons. The second kappa shape index (κ2) is 11.1. The van der Waals surface area contributed by atoms with Gasteiger partial charge in [0.2, 0.25) is 5.95 Å². The molecule has 3 unspecified atom stereocenters. The quantitative estimate of drug-likeness (QED) is 0.366. The Bertz CT molecular complexity index is 1490. The van der Waals surface area contributed by atoms with Crippen LogP contribution in [0.5, 0.6) is 0 Å². The molecule has 4 aliphatic rings. The van der Waals surface area contributed by atoms with Crippen LogP contribution in [0.3, 0.4) is 0 Å². The largest absolute Gasteiger partial charge is 0.395 e. The lowest BCUT2D eigenvalue weighted by molar-refractivity contribution is 0.122. The number of benzene rings is 1. The van der Waals surface area contributed by atoms with E-state index in [0.717, 1.165) is 80.8 Å². The van der Waals surface area contributed by atoms with Crippen molar-refractivity contribution < 1.29 is 14.6 Å². The van der Waals surface area contributed by atoms with E-state index in [2.05, 4.69) is 36.2 Å². The third kappa shape index (κ3) is 4.96. The topological polar surface area (TPSA) is 137 Å². The van der Waals surface area contributed by atoms with Crippen LogP contribution in [0.15, 0.2) is 30.6 Å². The summed E-state index contributed by atoms with van der Waals surface area (Å²) < 4.78 is 13.4. The van der Waals surface area contributed by atoms with Gasteiger partial charge < -0.3 is 35.0 Å². The normalized spacial score (nSPS) is 25.2. The lowest BCUT2D eigenvalue weighted by Gasteiger charge is -2.30. The van der Waals surface area contributed by atoms with Crippen LogP contribution in [-0.2, 0) is 21.4 Å². The fourth-order valence-corrected chi connectivity index (χ4v) is 6.71. The van der Waals surface area contributed by atoms with Crippen molar-refractivity contribution in [2.75, 3.05) is 87.8 Å². The first-order valence-corrected chi connectivity index (χ1v) is 14.8. The number of nitrogens with zero attached hydrogens (tertiary/aromatic N) is 7. The first-order valence-electron chi connectivity index (χ1n) is 14.8. The predicted octanol–water partition coefficient (Wildman–Crippen LogP) is 2.05. The molecule has 12 nitrogen and oxygen atoms in total. The highest BCUT2D eigenvalue weighted by atomic mass is 16.5. The van der Waals surface area contributed by atoms with Gasteiger partial charge in [0.05, 0.1) is 62.7 Å². The maximum absolute atomic E-state index is 10.1. The van der Waals surface area contributed by atoms with Gasteiger partial charge in [0, 0.05) is 68.3 Å². The number of nitrogens with one attached hydrogen (secondary N) is 2. The first kappa shape index (κ1) is 27.1. The van der Waals surface area contributed by atoms with Crippen LogP contribution < -0.4 is 15.5 Å². The summed E-state index contributed by atoms with van der Waals surface area (Å²) in [5.74, 6) is 2.79. The highest BCUT2D eigenvalue weighted by Gasteiger charge is 2.37. The molecular formula is C30H37N9O3.